The molecule has 2 N–H and O–H groups in total. The van der Waals surface area contributed by atoms with Crippen LogP contribution in [0.25, 0.3) is 0 Å². The van der Waals surface area contributed by atoms with Crippen molar-refractivity contribution in [2.75, 3.05) is 13.4 Å². The van der Waals surface area contributed by atoms with Crippen molar-refractivity contribution in [2.24, 2.45) is 0 Å². The Labute approximate surface area is 99.4 Å². The van der Waals surface area contributed by atoms with Gasteiger partial charge in [-0.1, -0.05) is 0 Å². The average Bonchev–Trinajstić information content (AvgIpc) is 3.05. The largest absolute Gasteiger partial charge is 0.390 e. The minimum atomic E-state index is -0.789. The van der Waals surface area contributed by atoms with Crippen LogP contribution < -0.4 is 0 Å². The standard InChI is InChI=1S/C11H18O6/c1-5-10(16-5)9(13)11-6(12)2-7-8(17-11)3-14-4-15-7/h5-13H,2-4H2,1H3/t5-,6-,7+,8-,9+,10+,11-/m1/s1. The Morgan fingerprint density at radius 3 is 2.65 bits per heavy atom. The van der Waals surface area contributed by atoms with Crippen molar-refractivity contribution in [1.29, 1.82) is 0 Å². The van der Waals surface area contributed by atoms with Crippen molar-refractivity contribution in [3.05, 3.63) is 0 Å². The molecule has 3 aliphatic heterocycles. The Balaban J connectivity index is 1.64. The molecule has 3 heterocycles. The van der Waals surface area contributed by atoms with Gasteiger partial charge in [0.05, 0.1) is 24.9 Å². The zero-order valence-corrected chi connectivity index (χ0v) is 9.69. The van der Waals surface area contributed by atoms with Crippen LogP contribution in [-0.2, 0) is 18.9 Å². The number of rotatable bonds is 2. The van der Waals surface area contributed by atoms with Crippen LogP contribution in [0.15, 0.2) is 0 Å². The molecule has 0 spiro atoms. The maximum atomic E-state index is 10.1. The van der Waals surface area contributed by atoms with E-state index in [0.717, 1.165) is 0 Å². The van der Waals surface area contributed by atoms with Gasteiger partial charge in [-0.25, -0.2) is 0 Å². The Bertz CT molecular complexity index is 285. The van der Waals surface area contributed by atoms with Gasteiger partial charge in [-0.3, -0.25) is 0 Å². The van der Waals surface area contributed by atoms with E-state index in [9.17, 15) is 10.2 Å². The van der Waals surface area contributed by atoms with Crippen LogP contribution >= 0.6 is 0 Å². The van der Waals surface area contributed by atoms with Gasteiger partial charge >= 0.3 is 0 Å². The first-order valence-corrected chi connectivity index (χ1v) is 6.03. The number of fused-ring (bicyclic) bond motifs is 1. The lowest BCUT2D eigenvalue weighted by molar-refractivity contribution is -0.273. The number of aliphatic hydroxyl groups is 2. The summed E-state index contributed by atoms with van der Waals surface area (Å²) >= 11 is 0. The van der Waals surface area contributed by atoms with Gasteiger partial charge in [0, 0.05) is 6.42 Å². The summed E-state index contributed by atoms with van der Waals surface area (Å²) in [5, 5.41) is 20.0. The fourth-order valence-corrected chi connectivity index (χ4v) is 2.58. The summed E-state index contributed by atoms with van der Waals surface area (Å²) < 4.78 is 21.4. The van der Waals surface area contributed by atoms with Crippen LogP contribution in [0.2, 0.25) is 0 Å². The van der Waals surface area contributed by atoms with Crippen molar-refractivity contribution in [3.63, 3.8) is 0 Å². The van der Waals surface area contributed by atoms with Crippen molar-refractivity contribution >= 4 is 0 Å². The lowest BCUT2D eigenvalue weighted by Gasteiger charge is -2.42. The number of epoxide rings is 1. The smallest absolute Gasteiger partial charge is 0.147 e. The Hall–Kier alpha value is -0.240. The molecule has 6 nitrogen and oxygen atoms in total. The first-order chi connectivity index (χ1) is 8.16. The molecule has 0 amide bonds. The summed E-state index contributed by atoms with van der Waals surface area (Å²) in [5.41, 5.74) is 0. The summed E-state index contributed by atoms with van der Waals surface area (Å²) in [5.74, 6) is 0. The predicted molar refractivity (Wildman–Crippen MR) is 55.3 cm³/mol. The summed E-state index contributed by atoms with van der Waals surface area (Å²) in [6.07, 6.45) is -2.19. The summed E-state index contributed by atoms with van der Waals surface area (Å²) in [6, 6.07) is 0. The second-order valence-electron chi connectivity index (χ2n) is 4.93. The van der Waals surface area contributed by atoms with Crippen LogP contribution in [0.5, 0.6) is 0 Å². The number of hydrogen-bond acceptors (Lipinski definition) is 6. The molecule has 17 heavy (non-hydrogen) atoms. The fourth-order valence-electron chi connectivity index (χ4n) is 2.58. The number of hydrogen-bond donors (Lipinski definition) is 2. The Kier molecular flexibility index (Phi) is 3.10. The third-order valence-electron chi connectivity index (χ3n) is 3.68. The maximum Gasteiger partial charge on any atom is 0.147 e. The zero-order chi connectivity index (χ0) is 12.0. The highest BCUT2D eigenvalue weighted by Crippen LogP contribution is 2.33. The first-order valence-electron chi connectivity index (χ1n) is 6.03. The van der Waals surface area contributed by atoms with E-state index < -0.39 is 18.3 Å². The van der Waals surface area contributed by atoms with Gasteiger partial charge in [-0.2, -0.15) is 0 Å². The van der Waals surface area contributed by atoms with Gasteiger partial charge < -0.3 is 29.2 Å². The molecule has 0 saturated carbocycles. The third-order valence-corrected chi connectivity index (χ3v) is 3.68. The SMILES string of the molecule is C[C@H]1O[C@@H]1[C@H](O)[C@@H]1O[C@@H]2COCO[C@H]2C[C@H]1O. The van der Waals surface area contributed by atoms with E-state index in [1.807, 2.05) is 6.92 Å². The van der Waals surface area contributed by atoms with Gasteiger partial charge in [-0.15, -0.1) is 0 Å². The molecule has 7 atom stereocenters. The third kappa shape index (κ3) is 2.21. The second-order valence-corrected chi connectivity index (χ2v) is 4.93. The van der Waals surface area contributed by atoms with Crippen molar-refractivity contribution in [1.82, 2.24) is 0 Å². The van der Waals surface area contributed by atoms with Gasteiger partial charge in [0.15, 0.2) is 0 Å². The molecule has 3 saturated heterocycles. The first kappa shape index (κ1) is 11.8. The summed E-state index contributed by atoms with van der Waals surface area (Å²) in [4.78, 5) is 0. The molecular weight excluding hydrogens is 228 g/mol. The van der Waals surface area contributed by atoms with Gasteiger partial charge in [0.25, 0.3) is 0 Å². The van der Waals surface area contributed by atoms with E-state index in [2.05, 4.69) is 0 Å². The lowest BCUT2D eigenvalue weighted by atomic mass is 9.93. The molecule has 0 aromatic carbocycles. The topological polar surface area (TPSA) is 80.7 Å². The highest BCUT2D eigenvalue weighted by molar-refractivity contribution is 4.98. The molecule has 98 valence electrons. The van der Waals surface area contributed by atoms with Crippen molar-refractivity contribution in [3.8, 4) is 0 Å². The maximum absolute atomic E-state index is 10.1. The van der Waals surface area contributed by atoms with Crippen molar-refractivity contribution < 1.29 is 29.2 Å². The molecule has 0 aliphatic carbocycles. The van der Waals surface area contributed by atoms with Crippen LogP contribution in [0.1, 0.15) is 13.3 Å². The van der Waals surface area contributed by atoms with E-state index in [-0.39, 0.29) is 31.2 Å². The number of aliphatic hydroxyl groups excluding tert-OH is 2. The Morgan fingerprint density at radius 2 is 1.94 bits per heavy atom. The van der Waals surface area contributed by atoms with E-state index >= 15 is 0 Å². The van der Waals surface area contributed by atoms with Crippen LogP contribution in [0.4, 0.5) is 0 Å². The molecule has 6 heteroatoms. The molecule has 0 aromatic rings. The predicted octanol–water partition coefficient (Wildman–Crippen LogP) is -0.974. The van der Waals surface area contributed by atoms with Crippen molar-refractivity contribution in [2.45, 2.75) is 56.1 Å². The molecule has 3 rings (SSSR count). The molecule has 0 unspecified atom stereocenters. The number of ether oxygens (including phenoxy) is 4. The summed E-state index contributed by atoms with van der Waals surface area (Å²) in [7, 11) is 0. The quantitative estimate of drug-likeness (QED) is 0.610. The van der Waals surface area contributed by atoms with Crippen LogP contribution in [0, 0.1) is 0 Å². The molecule has 0 aromatic heterocycles. The summed E-state index contributed by atoms with van der Waals surface area (Å²) in [6.45, 7) is 2.58. The molecule has 0 bridgehead atoms. The van der Waals surface area contributed by atoms with Gasteiger partial charge in [-0.05, 0) is 6.92 Å². The Morgan fingerprint density at radius 1 is 1.18 bits per heavy atom. The lowest BCUT2D eigenvalue weighted by Crippen LogP contribution is -2.57. The van der Waals surface area contributed by atoms with E-state index in [1.165, 1.54) is 0 Å². The van der Waals surface area contributed by atoms with E-state index in [1.54, 1.807) is 0 Å². The van der Waals surface area contributed by atoms with Gasteiger partial charge in [0.2, 0.25) is 0 Å². The van der Waals surface area contributed by atoms with Crippen LogP contribution in [0.3, 0.4) is 0 Å². The zero-order valence-electron chi connectivity index (χ0n) is 9.69. The molecule has 3 fully saturated rings. The van der Waals surface area contributed by atoms with Gasteiger partial charge in [0.1, 0.15) is 31.2 Å². The second kappa shape index (κ2) is 4.46. The molecular formula is C11H18O6. The van der Waals surface area contributed by atoms with E-state index in [4.69, 9.17) is 18.9 Å². The highest BCUT2D eigenvalue weighted by atomic mass is 16.7. The minimum absolute atomic E-state index is 0.0392. The van der Waals surface area contributed by atoms with Crippen LogP contribution in [-0.4, -0.2) is 66.3 Å². The highest BCUT2D eigenvalue weighted by Gasteiger charge is 2.50. The monoisotopic (exact) mass is 246 g/mol. The van der Waals surface area contributed by atoms with E-state index in [0.29, 0.717) is 13.0 Å². The fraction of sp³-hybridized carbons (Fsp3) is 1.00. The molecule has 3 aliphatic rings. The molecule has 0 radical (unpaired) electrons. The minimum Gasteiger partial charge on any atom is -0.390 e. The normalized spacial score (nSPS) is 51.7. The average molecular weight is 246 g/mol.